The van der Waals surface area contributed by atoms with Crippen molar-refractivity contribution in [2.45, 2.75) is 6.18 Å². The lowest BCUT2D eigenvalue weighted by molar-refractivity contribution is -0.136. The Morgan fingerprint density at radius 3 is 2.33 bits per heavy atom. The van der Waals surface area contributed by atoms with Crippen LogP contribution in [-0.4, -0.2) is 4.98 Å². The average molecular weight is 253 g/mol. The molecule has 0 saturated carbocycles. The van der Waals surface area contributed by atoms with E-state index in [9.17, 15) is 13.2 Å². The van der Waals surface area contributed by atoms with Crippen molar-refractivity contribution in [3.05, 3.63) is 48.2 Å². The minimum Gasteiger partial charge on any atom is -0.382 e. The number of alkyl halides is 3. The van der Waals surface area contributed by atoms with Gasteiger partial charge in [0.15, 0.2) is 0 Å². The number of pyridine rings is 1. The molecule has 0 fully saturated rings. The number of hydrogen-bond donors (Lipinski definition) is 2. The molecular weight excluding hydrogens is 243 g/mol. The van der Waals surface area contributed by atoms with Crippen molar-refractivity contribution in [3.63, 3.8) is 0 Å². The molecule has 1 aromatic heterocycles. The first kappa shape index (κ1) is 12.2. The van der Waals surface area contributed by atoms with E-state index < -0.39 is 11.7 Å². The van der Waals surface area contributed by atoms with Gasteiger partial charge < -0.3 is 11.1 Å². The van der Waals surface area contributed by atoms with E-state index in [1.165, 1.54) is 24.4 Å². The quantitative estimate of drug-likeness (QED) is 0.862. The summed E-state index contributed by atoms with van der Waals surface area (Å²) in [6.07, 6.45) is -2.95. The molecule has 0 saturated heterocycles. The molecule has 1 heterocycles. The Balaban J connectivity index is 2.39. The number of nitrogens with two attached hydrogens (primary N) is 1. The second kappa shape index (κ2) is 4.56. The van der Waals surface area contributed by atoms with Gasteiger partial charge in [-0.3, -0.25) is 0 Å². The number of benzene rings is 1. The Kier molecular flexibility index (Phi) is 3.10. The molecule has 3 nitrogen and oxygen atoms in total. The molecule has 18 heavy (non-hydrogen) atoms. The van der Waals surface area contributed by atoms with Gasteiger partial charge in [-0.15, -0.1) is 0 Å². The van der Waals surface area contributed by atoms with Gasteiger partial charge in [-0.05, 0) is 24.3 Å². The van der Waals surface area contributed by atoms with Crippen molar-refractivity contribution in [1.82, 2.24) is 4.98 Å². The topological polar surface area (TPSA) is 50.9 Å². The highest BCUT2D eigenvalue weighted by molar-refractivity contribution is 5.71. The Morgan fingerprint density at radius 2 is 1.67 bits per heavy atom. The summed E-state index contributed by atoms with van der Waals surface area (Å²) in [6, 6.07) is 8.36. The second-order valence-electron chi connectivity index (χ2n) is 3.60. The zero-order valence-electron chi connectivity index (χ0n) is 9.20. The molecule has 0 spiro atoms. The number of nitrogen functional groups attached to an aromatic ring is 1. The number of aromatic nitrogens is 1. The summed E-state index contributed by atoms with van der Waals surface area (Å²) in [6.45, 7) is 0. The van der Waals surface area contributed by atoms with E-state index in [2.05, 4.69) is 10.3 Å². The monoisotopic (exact) mass is 253 g/mol. The minimum absolute atomic E-state index is 0.0512. The lowest BCUT2D eigenvalue weighted by Gasteiger charge is -2.14. The van der Waals surface area contributed by atoms with E-state index in [4.69, 9.17) is 5.73 Å². The smallest absolute Gasteiger partial charge is 0.382 e. The molecule has 0 unspecified atom stereocenters. The van der Waals surface area contributed by atoms with E-state index in [-0.39, 0.29) is 11.5 Å². The number of rotatable bonds is 2. The fraction of sp³-hybridized carbons (Fsp3) is 0.0833. The standard InChI is InChI=1S/C12H10F3N3/c13-12(14,15)8-4-1-2-5-9(8)18-10-6-3-7-17-11(10)16/h1-7,18H,(H2,16,17). The van der Waals surface area contributed by atoms with Gasteiger partial charge in [0.05, 0.1) is 16.9 Å². The summed E-state index contributed by atoms with van der Waals surface area (Å²) in [7, 11) is 0. The summed E-state index contributed by atoms with van der Waals surface area (Å²) in [5, 5.41) is 2.64. The van der Waals surface area contributed by atoms with Gasteiger partial charge >= 0.3 is 6.18 Å². The molecule has 0 amide bonds. The van der Waals surface area contributed by atoms with Crippen LogP contribution in [0.5, 0.6) is 0 Å². The van der Waals surface area contributed by atoms with Gasteiger partial charge in [0.25, 0.3) is 0 Å². The summed E-state index contributed by atoms with van der Waals surface area (Å²) >= 11 is 0. The summed E-state index contributed by atoms with van der Waals surface area (Å²) < 4.78 is 38.3. The normalized spacial score (nSPS) is 11.3. The molecule has 6 heteroatoms. The van der Waals surface area contributed by atoms with Crippen molar-refractivity contribution in [2.75, 3.05) is 11.1 Å². The van der Waals surface area contributed by atoms with E-state index in [0.29, 0.717) is 5.69 Å². The fourth-order valence-corrected chi connectivity index (χ4v) is 1.51. The first-order valence-corrected chi connectivity index (χ1v) is 5.12. The molecule has 0 aliphatic heterocycles. The van der Waals surface area contributed by atoms with E-state index >= 15 is 0 Å². The predicted molar refractivity (Wildman–Crippen MR) is 63.4 cm³/mol. The Hall–Kier alpha value is -2.24. The lowest BCUT2D eigenvalue weighted by atomic mass is 10.1. The number of halogens is 3. The van der Waals surface area contributed by atoms with Crippen molar-refractivity contribution in [3.8, 4) is 0 Å². The zero-order chi connectivity index (χ0) is 13.2. The van der Waals surface area contributed by atoms with Gasteiger partial charge in [-0.1, -0.05) is 12.1 Å². The summed E-state index contributed by atoms with van der Waals surface area (Å²) in [5.74, 6) is 0.148. The fourth-order valence-electron chi connectivity index (χ4n) is 1.51. The molecule has 0 atom stereocenters. The van der Waals surface area contributed by atoms with Crippen molar-refractivity contribution >= 4 is 17.2 Å². The Morgan fingerprint density at radius 1 is 1.00 bits per heavy atom. The van der Waals surface area contributed by atoms with Crippen LogP contribution >= 0.6 is 0 Å². The number of para-hydroxylation sites is 1. The van der Waals surface area contributed by atoms with Crippen LogP contribution in [0.3, 0.4) is 0 Å². The van der Waals surface area contributed by atoms with Gasteiger partial charge in [0.2, 0.25) is 0 Å². The maximum Gasteiger partial charge on any atom is 0.418 e. The van der Waals surface area contributed by atoms with Crippen LogP contribution in [0.25, 0.3) is 0 Å². The maximum absolute atomic E-state index is 12.8. The van der Waals surface area contributed by atoms with Crippen LogP contribution in [0.2, 0.25) is 0 Å². The first-order valence-electron chi connectivity index (χ1n) is 5.12. The third-order valence-electron chi connectivity index (χ3n) is 2.34. The van der Waals surface area contributed by atoms with E-state index in [0.717, 1.165) is 6.07 Å². The molecule has 0 radical (unpaired) electrons. The molecular formula is C12H10F3N3. The van der Waals surface area contributed by atoms with Gasteiger partial charge in [0, 0.05) is 6.20 Å². The maximum atomic E-state index is 12.8. The second-order valence-corrected chi connectivity index (χ2v) is 3.60. The molecule has 2 aromatic rings. The Bertz CT molecular complexity index is 552. The van der Waals surface area contributed by atoms with Crippen molar-refractivity contribution in [2.24, 2.45) is 0 Å². The lowest BCUT2D eigenvalue weighted by Crippen LogP contribution is -2.09. The average Bonchev–Trinajstić information content (AvgIpc) is 2.31. The number of nitrogens with one attached hydrogen (secondary N) is 1. The van der Waals surface area contributed by atoms with Crippen LogP contribution in [0, 0.1) is 0 Å². The van der Waals surface area contributed by atoms with Crippen LogP contribution in [0.15, 0.2) is 42.6 Å². The number of nitrogens with zero attached hydrogens (tertiary/aromatic N) is 1. The molecule has 0 bridgehead atoms. The van der Waals surface area contributed by atoms with Crippen LogP contribution < -0.4 is 11.1 Å². The largest absolute Gasteiger partial charge is 0.418 e. The van der Waals surface area contributed by atoms with Crippen molar-refractivity contribution in [1.29, 1.82) is 0 Å². The highest BCUT2D eigenvalue weighted by Crippen LogP contribution is 2.36. The van der Waals surface area contributed by atoms with Crippen LogP contribution in [0.4, 0.5) is 30.4 Å². The third-order valence-corrected chi connectivity index (χ3v) is 2.34. The SMILES string of the molecule is Nc1ncccc1Nc1ccccc1C(F)(F)F. The van der Waals surface area contributed by atoms with Gasteiger partial charge in [-0.2, -0.15) is 13.2 Å². The molecule has 2 rings (SSSR count). The molecule has 94 valence electrons. The highest BCUT2D eigenvalue weighted by atomic mass is 19.4. The Labute approximate surface area is 101 Å². The minimum atomic E-state index is -4.42. The highest BCUT2D eigenvalue weighted by Gasteiger charge is 2.33. The molecule has 0 aliphatic rings. The van der Waals surface area contributed by atoms with E-state index in [1.807, 2.05) is 0 Å². The zero-order valence-corrected chi connectivity index (χ0v) is 9.20. The molecule has 3 N–H and O–H groups in total. The van der Waals surface area contributed by atoms with Gasteiger partial charge in [-0.25, -0.2) is 4.98 Å². The van der Waals surface area contributed by atoms with Crippen LogP contribution in [0.1, 0.15) is 5.56 Å². The van der Waals surface area contributed by atoms with E-state index in [1.54, 1.807) is 12.1 Å². The van der Waals surface area contributed by atoms with Crippen molar-refractivity contribution < 1.29 is 13.2 Å². The van der Waals surface area contributed by atoms with Gasteiger partial charge in [0.1, 0.15) is 5.82 Å². The number of hydrogen-bond acceptors (Lipinski definition) is 3. The summed E-state index contributed by atoms with van der Waals surface area (Å²) in [5.41, 5.74) is 5.12. The predicted octanol–water partition coefficient (Wildman–Crippen LogP) is 3.43. The van der Waals surface area contributed by atoms with Crippen LogP contribution in [-0.2, 0) is 6.18 Å². The first-order chi connectivity index (χ1) is 8.48. The third kappa shape index (κ3) is 2.53. The molecule has 0 aliphatic carbocycles. The number of anilines is 3. The summed E-state index contributed by atoms with van der Waals surface area (Å²) in [4.78, 5) is 3.80. The molecule has 1 aromatic carbocycles.